The van der Waals surface area contributed by atoms with Crippen molar-refractivity contribution < 1.29 is 45.6 Å². The van der Waals surface area contributed by atoms with Crippen molar-refractivity contribution in [3.63, 3.8) is 0 Å². The number of carbonyl (C=O) groups excluding carboxylic acids is 4. The largest absolute Gasteiger partial charge is 0.471 e. The van der Waals surface area contributed by atoms with E-state index in [4.69, 9.17) is 9.26 Å². The third-order valence-electron chi connectivity index (χ3n) is 10.7. The van der Waals surface area contributed by atoms with Gasteiger partial charge in [-0.15, -0.1) is 0 Å². The maximum Gasteiger partial charge on any atom is 0.274 e. The summed E-state index contributed by atoms with van der Waals surface area (Å²) in [5, 5.41) is 8.29. The average Bonchev–Trinajstić information content (AvgIpc) is 4.01. The van der Waals surface area contributed by atoms with E-state index in [0.29, 0.717) is 54.6 Å². The van der Waals surface area contributed by atoms with Gasteiger partial charge in [0.25, 0.3) is 11.8 Å². The Bertz CT molecular complexity index is 2080. The topological polar surface area (TPSA) is 203 Å². The third-order valence-corrected chi connectivity index (χ3v) is 12.5. The van der Waals surface area contributed by atoms with Crippen LogP contribution in [0.15, 0.2) is 34.9 Å². The Labute approximate surface area is 310 Å². The van der Waals surface area contributed by atoms with E-state index in [2.05, 4.69) is 25.8 Å². The fourth-order valence-corrected chi connectivity index (χ4v) is 8.83. The molecule has 5 atom stereocenters. The molecule has 2 saturated carbocycles. The molecule has 290 valence electrons. The number of amides is 4. The maximum absolute atomic E-state index is 15.3. The van der Waals surface area contributed by atoms with Gasteiger partial charge in [-0.3, -0.25) is 23.9 Å². The SMILES string of the molecule is CCc1nc2ccccc2nc1OC1CC2C(=O)NC3(C(=O)NS(=O)(=O)C4CC4)CC3CC(F)(F)CCCCCC(NC(=O)c3cc(C)on3)C(=O)N2C1. The number of fused-ring (bicyclic) bond motifs is 3. The zero-order valence-corrected chi connectivity index (χ0v) is 30.8. The monoisotopic (exact) mass is 771 g/mol. The minimum Gasteiger partial charge on any atom is -0.471 e. The lowest BCUT2D eigenvalue weighted by molar-refractivity contribution is -0.141. The zero-order chi connectivity index (χ0) is 38.4. The molecule has 3 N–H and O–H groups in total. The van der Waals surface area contributed by atoms with Crippen molar-refractivity contribution in [2.75, 3.05) is 6.54 Å². The molecular weight excluding hydrogens is 728 g/mol. The van der Waals surface area contributed by atoms with Crippen LogP contribution in [0.25, 0.3) is 11.0 Å². The number of ether oxygens (including phenoxy) is 1. The molecule has 0 radical (unpaired) electrons. The molecular formula is C36H43F2N7O8S. The summed E-state index contributed by atoms with van der Waals surface area (Å²) in [7, 11) is -4.08. The van der Waals surface area contributed by atoms with Gasteiger partial charge in [0.15, 0.2) is 5.69 Å². The normalized spacial score (nSPS) is 27.5. The number of para-hydroxylation sites is 2. The van der Waals surface area contributed by atoms with Crippen molar-refractivity contribution in [3.8, 4) is 5.88 Å². The molecule has 1 aromatic carbocycles. The quantitative estimate of drug-likeness (QED) is 0.304. The highest BCUT2D eigenvalue weighted by molar-refractivity contribution is 7.91. The summed E-state index contributed by atoms with van der Waals surface area (Å²) in [6.07, 6.45) is -0.380. The van der Waals surface area contributed by atoms with Crippen molar-refractivity contribution in [3.05, 3.63) is 47.5 Å². The van der Waals surface area contributed by atoms with Crippen LogP contribution in [-0.4, -0.2) is 93.5 Å². The van der Waals surface area contributed by atoms with Crippen LogP contribution in [0.1, 0.15) is 93.1 Å². The second-order valence-corrected chi connectivity index (χ2v) is 16.8. The fraction of sp³-hybridized carbons (Fsp3) is 0.583. The Hall–Kier alpha value is -4.74. The van der Waals surface area contributed by atoms with Crippen molar-refractivity contribution in [1.82, 2.24) is 35.4 Å². The van der Waals surface area contributed by atoms with Gasteiger partial charge in [0.05, 0.1) is 22.8 Å². The predicted octanol–water partition coefficient (Wildman–Crippen LogP) is 3.11. The minimum atomic E-state index is -4.08. The number of carbonyl (C=O) groups is 4. The first-order valence-corrected chi connectivity index (χ1v) is 20.0. The maximum atomic E-state index is 15.3. The van der Waals surface area contributed by atoms with Gasteiger partial charge in [-0.25, -0.2) is 27.2 Å². The van der Waals surface area contributed by atoms with E-state index in [1.54, 1.807) is 19.1 Å². The summed E-state index contributed by atoms with van der Waals surface area (Å²) < 4.78 is 69.7. The number of sulfonamides is 1. The molecule has 2 saturated heterocycles. The van der Waals surface area contributed by atoms with Crippen molar-refractivity contribution in [1.29, 1.82) is 0 Å². The summed E-state index contributed by atoms with van der Waals surface area (Å²) in [6, 6.07) is 6.17. The second kappa shape index (κ2) is 14.5. The molecule has 54 heavy (non-hydrogen) atoms. The third kappa shape index (κ3) is 7.88. The first kappa shape index (κ1) is 37.6. The number of aromatic nitrogens is 3. The zero-order valence-electron chi connectivity index (χ0n) is 30.0. The Morgan fingerprint density at radius 1 is 1.07 bits per heavy atom. The van der Waals surface area contributed by atoms with Gasteiger partial charge in [0, 0.05) is 25.3 Å². The Balaban J connectivity index is 1.21. The van der Waals surface area contributed by atoms with Gasteiger partial charge in [0.1, 0.15) is 35.2 Å². The number of halogens is 2. The summed E-state index contributed by atoms with van der Waals surface area (Å²) >= 11 is 0. The highest BCUT2D eigenvalue weighted by Gasteiger charge is 2.65. The number of benzene rings is 1. The van der Waals surface area contributed by atoms with Crippen LogP contribution in [0.5, 0.6) is 5.88 Å². The minimum absolute atomic E-state index is 0.0661. The Morgan fingerprint density at radius 3 is 2.50 bits per heavy atom. The molecule has 2 aliphatic heterocycles. The number of hydrogen-bond acceptors (Lipinski definition) is 11. The first-order chi connectivity index (χ1) is 25.7. The standard InChI is InChI=1S/C36H43F2N7O8S/c1-3-24-32(41-26-10-7-6-9-25(26)39-24)52-22-16-29-31(47)42-36(34(49)44-54(50,51)23-12-13-23)18-21(36)17-35(37,38)14-8-4-5-11-27(33(48)45(29)19-22)40-30(46)28-15-20(2)53-43-28/h6-7,9-10,15,21-23,27,29H,3-5,8,11-14,16-19H2,1-2H3,(H,40,46)(H,42,47)(H,44,49). The Kier molecular flexibility index (Phi) is 10.1. The number of alkyl halides is 2. The highest BCUT2D eigenvalue weighted by atomic mass is 32.2. The lowest BCUT2D eigenvalue weighted by atomic mass is 10.00. The number of nitrogens with zero attached hydrogens (tertiary/aromatic N) is 4. The molecule has 0 spiro atoms. The van der Waals surface area contributed by atoms with Crippen LogP contribution in [0, 0.1) is 12.8 Å². The summed E-state index contributed by atoms with van der Waals surface area (Å²) in [6.45, 7) is 3.36. The van der Waals surface area contributed by atoms with E-state index in [1.807, 2.05) is 23.8 Å². The van der Waals surface area contributed by atoms with Crippen molar-refractivity contribution >= 4 is 44.7 Å². The van der Waals surface area contributed by atoms with Gasteiger partial charge >= 0.3 is 0 Å². The van der Waals surface area contributed by atoms with Crippen LogP contribution in [0.3, 0.4) is 0 Å². The number of hydrogen-bond donors (Lipinski definition) is 3. The van der Waals surface area contributed by atoms with Gasteiger partial charge in [-0.05, 0) is 63.5 Å². The average molecular weight is 772 g/mol. The molecule has 4 fully saturated rings. The molecule has 18 heteroatoms. The molecule has 0 bridgehead atoms. The predicted molar refractivity (Wildman–Crippen MR) is 188 cm³/mol. The van der Waals surface area contributed by atoms with Crippen LogP contribution in [0.4, 0.5) is 8.78 Å². The molecule has 4 amide bonds. The smallest absolute Gasteiger partial charge is 0.274 e. The van der Waals surface area contributed by atoms with Gasteiger partial charge in [0.2, 0.25) is 33.6 Å². The fourth-order valence-electron chi connectivity index (χ4n) is 7.46. The molecule has 15 nitrogen and oxygen atoms in total. The molecule has 5 unspecified atom stereocenters. The number of aryl methyl sites for hydroxylation is 2. The van der Waals surface area contributed by atoms with Crippen LogP contribution >= 0.6 is 0 Å². The lowest BCUT2D eigenvalue weighted by Gasteiger charge is -2.30. The molecule has 7 rings (SSSR count). The van der Waals surface area contributed by atoms with E-state index in [0.717, 1.165) is 0 Å². The summed E-state index contributed by atoms with van der Waals surface area (Å²) in [4.78, 5) is 66.3. The summed E-state index contributed by atoms with van der Waals surface area (Å²) in [5.41, 5.74) is -0.218. The molecule has 2 aromatic heterocycles. The molecule has 4 heterocycles. The lowest BCUT2D eigenvalue weighted by Crippen LogP contribution is -2.58. The van der Waals surface area contributed by atoms with E-state index in [-0.39, 0.29) is 43.8 Å². The van der Waals surface area contributed by atoms with Crippen molar-refractivity contribution in [2.24, 2.45) is 5.92 Å². The molecule has 3 aromatic rings. The van der Waals surface area contributed by atoms with E-state index in [1.165, 1.54) is 11.0 Å². The van der Waals surface area contributed by atoms with Crippen LogP contribution < -0.4 is 20.1 Å². The van der Waals surface area contributed by atoms with E-state index < -0.39 is 87.3 Å². The van der Waals surface area contributed by atoms with Crippen molar-refractivity contribution in [2.45, 2.75) is 119 Å². The first-order valence-electron chi connectivity index (χ1n) is 18.4. The Morgan fingerprint density at radius 2 is 1.81 bits per heavy atom. The van der Waals surface area contributed by atoms with Gasteiger partial charge in [-0.2, -0.15) is 0 Å². The highest BCUT2D eigenvalue weighted by Crippen LogP contribution is 2.51. The second-order valence-electron chi connectivity index (χ2n) is 14.8. The van der Waals surface area contributed by atoms with Gasteiger partial charge in [-0.1, -0.05) is 37.1 Å². The molecule has 2 aliphatic carbocycles. The molecule has 4 aliphatic rings. The summed E-state index contributed by atoms with van der Waals surface area (Å²) in [5.74, 6) is -6.92. The number of nitrogens with one attached hydrogen (secondary N) is 3. The van der Waals surface area contributed by atoms with Crippen LogP contribution in [-0.2, 0) is 30.8 Å². The van der Waals surface area contributed by atoms with Gasteiger partial charge < -0.3 is 24.8 Å². The van der Waals surface area contributed by atoms with E-state index in [9.17, 15) is 27.6 Å². The van der Waals surface area contributed by atoms with E-state index >= 15 is 8.78 Å². The number of rotatable bonds is 8. The van der Waals surface area contributed by atoms with Crippen LogP contribution in [0.2, 0.25) is 0 Å².